The van der Waals surface area contributed by atoms with Crippen LogP contribution < -0.4 is 20.9 Å². The number of piperidine rings is 1. The highest BCUT2D eigenvalue weighted by Gasteiger charge is 2.41. The van der Waals surface area contributed by atoms with E-state index in [0.29, 0.717) is 35.4 Å². The maximum Gasteiger partial charge on any atom is 0.329 e. The SMILES string of the molecule is Cl.Cn1nc(N2CCC(=O)NC2=O)c2ccc(NC3CCNCC3(F)F)cc21. The molecule has 1 atom stereocenters. The molecule has 1 unspecified atom stereocenters. The molecular formula is C17H21ClF2N6O2. The van der Waals surface area contributed by atoms with Crippen molar-refractivity contribution in [1.29, 1.82) is 0 Å². The normalized spacial score (nSPS) is 22.0. The lowest BCUT2D eigenvalue weighted by Crippen LogP contribution is -2.52. The lowest BCUT2D eigenvalue weighted by atomic mass is 10.0. The molecule has 2 aromatic rings. The molecule has 2 aliphatic rings. The van der Waals surface area contributed by atoms with Gasteiger partial charge in [0.1, 0.15) is 0 Å². The minimum absolute atomic E-state index is 0. The second-order valence-electron chi connectivity index (χ2n) is 6.86. The Labute approximate surface area is 166 Å². The molecule has 152 valence electrons. The first kappa shape index (κ1) is 20.3. The van der Waals surface area contributed by atoms with Gasteiger partial charge in [0.2, 0.25) is 5.91 Å². The van der Waals surface area contributed by atoms with Crippen molar-refractivity contribution in [2.45, 2.75) is 24.8 Å². The number of imide groups is 1. The summed E-state index contributed by atoms with van der Waals surface area (Å²) < 4.78 is 29.7. The van der Waals surface area contributed by atoms with Crippen molar-refractivity contribution in [3.05, 3.63) is 18.2 Å². The average Bonchev–Trinajstić information content (AvgIpc) is 2.93. The Hall–Kier alpha value is -2.46. The van der Waals surface area contributed by atoms with Crippen molar-refractivity contribution in [3.8, 4) is 0 Å². The van der Waals surface area contributed by atoms with Crippen LogP contribution in [0.25, 0.3) is 10.9 Å². The third kappa shape index (κ3) is 3.61. The number of nitrogens with zero attached hydrogens (tertiary/aromatic N) is 3. The third-order valence-corrected chi connectivity index (χ3v) is 4.96. The first-order valence-corrected chi connectivity index (χ1v) is 8.78. The highest BCUT2D eigenvalue weighted by atomic mass is 35.5. The summed E-state index contributed by atoms with van der Waals surface area (Å²) in [4.78, 5) is 24.9. The summed E-state index contributed by atoms with van der Waals surface area (Å²) in [5.41, 5.74) is 1.28. The number of amides is 3. The van der Waals surface area contributed by atoms with Gasteiger partial charge in [0.15, 0.2) is 5.82 Å². The van der Waals surface area contributed by atoms with E-state index in [1.807, 2.05) is 0 Å². The van der Waals surface area contributed by atoms with Gasteiger partial charge in [0.05, 0.1) is 18.1 Å². The molecule has 11 heteroatoms. The zero-order valence-corrected chi connectivity index (χ0v) is 16.0. The highest BCUT2D eigenvalue weighted by Crippen LogP contribution is 2.31. The molecule has 0 bridgehead atoms. The van der Waals surface area contributed by atoms with Gasteiger partial charge in [0, 0.05) is 31.1 Å². The number of aromatic nitrogens is 2. The van der Waals surface area contributed by atoms with Crippen molar-refractivity contribution in [1.82, 2.24) is 20.4 Å². The van der Waals surface area contributed by atoms with Gasteiger partial charge in [-0.15, -0.1) is 12.4 Å². The fraction of sp³-hybridized carbons (Fsp3) is 0.471. The average molecular weight is 415 g/mol. The molecule has 2 saturated heterocycles. The zero-order valence-electron chi connectivity index (χ0n) is 15.2. The van der Waals surface area contributed by atoms with Crippen LogP contribution in [0, 0.1) is 0 Å². The number of rotatable bonds is 3. The van der Waals surface area contributed by atoms with Crippen LogP contribution >= 0.6 is 12.4 Å². The van der Waals surface area contributed by atoms with Crippen LogP contribution in [0.3, 0.4) is 0 Å². The fourth-order valence-electron chi connectivity index (χ4n) is 3.51. The monoisotopic (exact) mass is 414 g/mol. The number of carbonyl (C=O) groups is 2. The second-order valence-corrected chi connectivity index (χ2v) is 6.86. The standard InChI is InChI=1S/C17H20F2N6O2.ClH/c1-24-12-8-10(21-13-4-6-20-9-17(13,18)19)2-3-11(12)15(23-24)25-7-5-14(26)22-16(25)27;/h2-3,8,13,20-21H,4-7,9H2,1H3,(H,22,26,27);1H. The molecule has 1 aromatic heterocycles. The van der Waals surface area contributed by atoms with Crippen molar-refractivity contribution in [3.63, 3.8) is 0 Å². The number of urea groups is 1. The summed E-state index contributed by atoms with van der Waals surface area (Å²) in [6, 6.07) is 3.75. The number of halogens is 3. The van der Waals surface area contributed by atoms with Crippen LogP contribution in [0.15, 0.2) is 18.2 Å². The Morgan fingerprint density at radius 1 is 1.32 bits per heavy atom. The van der Waals surface area contributed by atoms with E-state index >= 15 is 0 Å². The lowest BCUT2D eigenvalue weighted by Gasteiger charge is -2.33. The predicted octanol–water partition coefficient (Wildman–Crippen LogP) is 1.85. The van der Waals surface area contributed by atoms with Crippen LogP contribution in [0.5, 0.6) is 0 Å². The van der Waals surface area contributed by atoms with Crippen molar-refractivity contribution >= 4 is 46.8 Å². The van der Waals surface area contributed by atoms with Gasteiger partial charge in [-0.2, -0.15) is 5.10 Å². The minimum atomic E-state index is -2.83. The van der Waals surface area contributed by atoms with E-state index in [4.69, 9.17) is 0 Å². The first-order valence-electron chi connectivity index (χ1n) is 8.78. The van der Waals surface area contributed by atoms with Gasteiger partial charge in [-0.3, -0.25) is 19.7 Å². The van der Waals surface area contributed by atoms with Crippen LogP contribution in [-0.4, -0.2) is 53.3 Å². The molecule has 1 aromatic carbocycles. The fourth-order valence-corrected chi connectivity index (χ4v) is 3.51. The summed E-state index contributed by atoms with van der Waals surface area (Å²) in [6.07, 6.45) is 0.526. The first-order chi connectivity index (χ1) is 12.8. The summed E-state index contributed by atoms with van der Waals surface area (Å²) in [7, 11) is 1.72. The van der Waals surface area contributed by atoms with E-state index in [-0.39, 0.29) is 37.8 Å². The molecule has 0 radical (unpaired) electrons. The van der Waals surface area contributed by atoms with Gasteiger partial charge in [-0.25, -0.2) is 13.6 Å². The van der Waals surface area contributed by atoms with E-state index in [1.165, 1.54) is 4.90 Å². The quantitative estimate of drug-likeness (QED) is 0.713. The number of hydrogen-bond donors (Lipinski definition) is 3. The van der Waals surface area contributed by atoms with Crippen LogP contribution in [0.1, 0.15) is 12.8 Å². The molecule has 3 amide bonds. The minimum Gasteiger partial charge on any atom is -0.376 e. The Kier molecular flexibility index (Phi) is 5.44. The molecule has 2 fully saturated rings. The summed E-state index contributed by atoms with van der Waals surface area (Å²) >= 11 is 0. The molecule has 2 aliphatic heterocycles. The summed E-state index contributed by atoms with van der Waals surface area (Å²) in [5, 5.41) is 13.0. The van der Waals surface area contributed by atoms with Gasteiger partial charge < -0.3 is 10.6 Å². The van der Waals surface area contributed by atoms with Gasteiger partial charge in [-0.05, 0) is 31.2 Å². The lowest BCUT2D eigenvalue weighted by molar-refractivity contribution is -0.120. The number of fused-ring (bicyclic) bond motifs is 1. The maximum absolute atomic E-state index is 14.0. The summed E-state index contributed by atoms with van der Waals surface area (Å²) in [5.74, 6) is -2.70. The van der Waals surface area contributed by atoms with E-state index < -0.39 is 18.0 Å². The maximum atomic E-state index is 14.0. The molecule has 0 spiro atoms. The Bertz CT molecular complexity index is 918. The number of carbonyl (C=O) groups excluding carboxylic acids is 2. The number of benzene rings is 1. The molecule has 4 rings (SSSR count). The van der Waals surface area contributed by atoms with Crippen LogP contribution in [0.2, 0.25) is 0 Å². The van der Waals surface area contributed by atoms with Crippen molar-refractivity contribution in [2.75, 3.05) is 29.9 Å². The van der Waals surface area contributed by atoms with E-state index in [9.17, 15) is 18.4 Å². The van der Waals surface area contributed by atoms with Gasteiger partial charge in [0.25, 0.3) is 5.92 Å². The number of nitrogens with one attached hydrogen (secondary N) is 3. The highest BCUT2D eigenvalue weighted by molar-refractivity contribution is 6.09. The van der Waals surface area contributed by atoms with E-state index in [2.05, 4.69) is 21.0 Å². The van der Waals surface area contributed by atoms with E-state index in [0.717, 1.165) is 0 Å². The Balaban J connectivity index is 0.00000225. The molecule has 0 aliphatic carbocycles. The molecule has 28 heavy (non-hydrogen) atoms. The molecule has 3 heterocycles. The predicted molar refractivity (Wildman–Crippen MR) is 103 cm³/mol. The molecule has 3 N–H and O–H groups in total. The molecular weight excluding hydrogens is 394 g/mol. The topological polar surface area (TPSA) is 91.3 Å². The van der Waals surface area contributed by atoms with Crippen molar-refractivity contribution in [2.24, 2.45) is 7.05 Å². The molecule has 0 saturated carbocycles. The molecule has 8 nitrogen and oxygen atoms in total. The number of anilines is 2. The second kappa shape index (κ2) is 7.51. The van der Waals surface area contributed by atoms with Gasteiger partial charge in [-0.1, -0.05) is 0 Å². The Morgan fingerprint density at radius 2 is 2.11 bits per heavy atom. The third-order valence-electron chi connectivity index (χ3n) is 4.96. The van der Waals surface area contributed by atoms with Crippen LogP contribution in [0.4, 0.5) is 25.1 Å². The van der Waals surface area contributed by atoms with Crippen LogP contribution in [-0.2, 0) is 11.8 Å². The summed E-state index contributed by atoms with van der Waals surface area (Å²) in [6.45, 7) is 0.442. The number of aryl methyl sites for hydroxylation is 1. The largest absolute Gasteiger partial charge is 0.376 e. The zero-order chi connectivity index (χ0) is 19.2. The smallest absolute Gasteiger partial charge is 0.329 e. The van der Waals surface area contributed by atoms with Gasteiger partial charge >= 0.3 is 6.03 Å². The Morgan fingerprint density at radius 3 is 2.82 bits per heavy atom. The number of hydrogen-bond acceptors (Lipinski definition) is 5. The number of alkyl halides is 2. The van der Waals surface area contributed by atoms with E-state index in [1.54, 1.807) is 29.9 Å². The van der Waals surface area contributed by atoms with Crippen molar-refractivity contribution < 1.29 is 18.4 Å².